The topological polar surface area (TPSA) is 35.1 Å². The van der Waals surface area contributed by atoms with Gasteiger partial charge in [-0.05, 0) is 11.6 Å². The van der Waals surface area contributed by atoms with E-state index in [-0.39, 0.29) is 0 Å². The van der Waals surface area contributed by atoms with E-state index < -0.39 is 5.76 Å². The van der Waals surface area contributed by atoms with E-state index in [0.29, 0.717) is 22.5 Å². The highest BCUT2D eigenvalue weighted by atomic mass is 127. The zero-order valence-electron chi connectivity index (χ0n) is 7.46. The largest absolute Gasteiger partial charge is 0.429 e. The molecule has 2 rings (SSSR count). The quantitative estimate of drug-likeness (QED) is 0.594. The van der Waals surface area contributed by atoms with Gasteiger partial charge < -0.3 is 4.42 Å². The number of oxazole rings is 1. The molecule has 0 atom stereocenters. The predicted molar refractivity (Wildman–Crippen MR) is 67.4 cm³/mol. The first-order valence-corrected chi connectivity index (χ1v) is 5.41. The van der Waals surface area contributed by atoms with Gasteiger partial charge in [-0.15, -0.1) is 12.3 Å². The van der Waals surface area contributed by atoms with Crippen molar-refractivity contribution in [3.05, 3.63) is 33.3 Å². The van der Waals surface area contributed by atoms with Crippen molar-refractivity contribution in [2.24, 2.45) is 0 Å². The van der Waals surface area contributed by atoms with Crippen LogP contribution >= 0.6 is 34.5 Å². The number of benzene rings is 1. The summed E-state index contributed by atoms with van der Waals surface area (Å²) in [6, 6.07) is 3.35. The Balaban J connectivity index is 2.89. The second-order valence-corrected chi connectivity index (χ2v) is 4.34. The SMILES string of the molecule is C#CCc1cc(Cl)cc2oc(=O)n(I)c12. The molecule has 15 heavy (non-hydrogen) atoms. The summed E-state index contributed by atoms with van der Waals surface area (Å²) in [7, 11) is 0. The van der Waals surface area contributed by atoms with Crippen LogP contribution in [0.25, 0.3) is 11.1 Å². The van der Waals surface area contributed by atoms with Crippen LogP contribution < -0.4 is 5.76 Å². The van der Waals surface area contributed by atoms with Crippen LogP contribution in [0, 0.1) is 12.3 Å². The fourth-order valence-corrected chi connectivity index (χ4v) is 2.28. The monoisotopic (exact) mass is 333 g/mol. The average Bonchev–Trinajstić information content (AvgIpc) is 2.42. The third-order valence-corrected chi connectivity index (χ3v) is 3.06. The molecule has 1 heterocycles. The number of fused-ring (bicyclic) bond motifs is 1. The molecule has 3 nitrogen and oxygen atoms in total. The van der Waals surface area contributed by atoms with Crippen LogP contribution in [0.1, 0.15) is 5.56 Å². The Morgan fingerprint density at radius 1 is 1.60 bits per heavy atom. The second-order valence-electron chi connectivity index (χ2n) is 2.94. The highest BCUT2D eigenvalue weighted by molar-refractivity contribution is 14.1. The maximum absolute atomic E-state index is 11.3. The van der Waals surface area contributed by atoms with Gasteiger partial charge in [-0.1, -0.05) is 11.6 Å². The van der Waals surface area contributed by atoms with Crippen LogP contribution in [0.4, 0.5) is 0 Å². The van der Waals surface area contributed by atoms with Crippen LogP contribution in [-0.2, 0) is 6.42 Å². The van der Waals surface area contributed by atoms with Crippen LogP contribution in [0.2, 0.25) is 5.02 Å². The number of aromatic nitrogens is 1. The first-order chi connectivity index (χ1) is 7.13. The van der Waals surface area contributed by atoms with Gasteiger partial charge in [0.05, 0.1) is 22.9 Å². The first kappa shape index (κ1) is 10.6. The lowest BCUT2D eigenvalue weighted by Gasteiger charge is -1.99. The Kier molecular flexibility index (Phi) is 2.76. The summed E-state index contributed by atoms with van der Waals surface area (Å²) < 4.78 is 6.41. The minimum absolute atomic E-state index is 0.416. The van der Waals surface area contributed by atoms with E-state index in [4.69, 9.17) is 22.4 Å². The van der Waals surface area contributed by atoms with Crippen LogP contribution in [0.5, 0.6) is 0 Å². The van der Waals surface area contributed by atoms with Crippen molar-refractivity contribution in [1.82, 2.24) is 2.78 Å². The lowest BCUT2D eigenvalue weighted by atomic mass is 10.1. The van der Waals surface area contributed by atoms with Gasteiger partial charge in [0.1, 0.15) is 5.52 Å². The molecule has 0 aliphatic heterocycles. The molecule has 0 unspecified atom stereocenters. The highest BCUT2D eigenvalue weighted by Crippen LogP contribution is 2.24. The minimum Gasteiger partial charge on any atom is -0.407 e. The molecule has 0 N–H and O–H groups in total. The summed E-state index contributed by atoms with van der Waals surface area (Å²) in [5.74, 6) is 2.10. The van der Waals surface area contributed by atoms with E-state index in [1.807, 2.05) is 22.9 Å². The van der Waals surface area contributed by atoms with E-state index in [9.17, 15) is 4.79 Å². The normalized spacial score (nSPS) is 10.5. The van der Waals surface area contributed by atoms with E-state index in [0.717, 1.165) is 5.56 Å². The molecule has 0 bridgehead atoms. The van der Waals surface area contributed by atoms with Crippen molar-refractivity contribution < 1.29 is 4.42 Å². The Labute approximate surface area is 105 Å². The van der Waals surface area contributed by atoms with Crippen molar-refractivity contribution in [2.75, 3.05) is 0 Å². The summed E-state index contributed by atoms with van der Waals surface area (Å²) in [5, 5.41) is 0.513. The van der Waals surface area contributed by atoms with Crippen molar-refractivity contribution in [2.45, 2.75) is 6.42 Å². The zero-order valence-corrected chi connectivity index (χ0v) is 10.4. The first-order valence-electron chi connectivity index (χ1n) is 4.07. The summed E-state index contributed by atoms with van der Waals surface area (Å²) in [4.78, 5) is 11.3. The molecule has 0 aliphatic rings. The minimum atomic E-state index is -0.425. The van der Waals surface area contributed by atoms with E-state index >= 15 is 0 Å². The lowest BCUT2D eigenvalue weighted by Crippen LogP contribution is -2.03. The van der Waals surface area contributed by atoms with Gasteiger partial charge >= 0.3 is 5.76 Å². The fourth-order valence-electron chi connectivity index (χ4n) is 1.40. The third kappa shape index (κ3) is 1.77. The van der Waals surface area contributed by atoms with Gasteiger partial charge in [0.15, 0.2) is 5.58 Å². The predicted octanol–water partition coefficient (Wildman–Crippen LogP) is 2.62. The number of halogens is 2. The van der Waals surface area contributed by atoms with Gasteiger partial charge in [-0.3, -0.25) is 0 Å². The molecule has 1 aromatic carbocycles. The van der Waals surface area contributed by atoms with Gasteiger partial charge in [0, 0.05) is 17.5 Å². The van der Waals surface area contributed by atoms with E-state index in [2.05, 4.69) is 5.92 Å². The molecular weight excluding hydrogens is 328 g/mol. The molecule has 0 aliphatic carbocycles. The molecule has 0 spiro atoms. The molecule has 1 aromatic heterocycles. The summed E-state index contributed by atoms with van der Waals surface area (Å²) in [5.41, 5.74) is 1.98. The number of hydrogen-bond acceptors (Lipinski definition) is 2. The van der Waals surface area contributed by atoms with Gasteiger partial charge in [0.2, 0.25) is 0 Å². The molecule has 76 valence electrons. The van der Waals surface area contributed by atoms with Gasteiger partial charge in [0.25, 0.3) is 0 Å². The summed E-state index contributed by atoms with van der Waals surface area (Å²) in [6.45, 7) is 0. The van der Waals surface area contributed by atoms with Crippen molar-refractivity contribution >= 4 is 45.6 Å². The Hall–Kier alpha value is -0.930. The maximum atomic E-state index is 11.3. The fraction of sp³-hybridized carbons (Fsp3) is 0.100. The second kappa shape index (κ2) is 3.91. The summed E-state index contributed by atoms with van der Waals surface area (Å²) >= 11 is 7.75. The van der Waals surface area contributed by atoms with Crippen molar-refractivity contribution in [3.63, 3.8) is 0 Å². The molecule has 0 saturated heterocycles. The Morgan fingerprint density at radius 2 is 2.33 bits per heavy atom. The lowest BCUT2D eigenvalue weighted by molar-refractivity contribution is 0.553. The van der Waals surface area contributed by atoms with Gasteiger partial charge in [-0.2, -0.15) is 0 Å². The molecule has 0 amide bonds. The molecule has 5 heteroatoms. The van der Waals surface area contributed by atoms with Crippen molar-refractivity contribution in [3.8, 4) is 12.3 Å². The standard InChI is InChI=1S/C10H5ClINO2/c1-2-3-6-4-7(11)5-8-9(6)13(12)10(14)15-8/h1,4-5H,3H2. The molecule has 0 saturated carbocycles. The van der Waals surface area contributed by atoms with Crippen LogP contribution in [-0.4, -0.2) is 2.78 Å². The summed E-state index contributed by atoms with van der Waals surface area (Å²) in [6.07, 6.45) is 5.66. The average molecular weight is 334 g/mol. The molecule has 0 fully saturated rings. The van der Waals surface area contributed by atoms with E-state index in [1.165, 1.54) is 2.78 Å². The molecule has 2 aromatic rings. The Bertz CT molecular complexity index is 621. The maximum Gasteiger partial charge on any atom is 0.429 e. The zero-order chi connectivity index (χ0) is 11.0. The Morgan fingerprint density at radius 3 is 3.00 bits per heavy atom. The number of terminal acetylenes is 1. The van der Waals surface area contributed by atoms with E-state index in [1.54, 1.807) is 12.1 Å². The number of nitrogens with zero attached hydrogens (tertiary/aromatic N) is 1. The van der Waals surface area contributed by atoms with Crippen molar-refractivity contribution in [1.29, 1.82) is 0 Å². The van der Waals surface area contributed by atoms with Gasteiger partial charge in [-0.25, -0.2) is 7.58 Å². The third-order valence-electron chi connectivity index (χ3n) is 1.97. The van der Waals surface area contributed by atoms with Crippen LogP contribution in [0.3, 0.4) is 0 Å². The smallest absolute Gasteiger partial charge is 0.407 e. The number of hydrogen-bond donors (Lipinski definition) is 0. The number of rotatable bonds is 1. The highest BCUT2D eigenvalue weighted by Gasteiger charge is 2.12. The molecular formula is C10H5ClINO2. The molecule has 0 radical (unpaired) electrons. The van der Waals surface area contributed by atoms with Crippen LogP contribution in [0.15, 0.2) is 21.3 Å².